The van der Waals surface area contributed by atoms with Crippen molar-refractivity contribution >= 4 is 21.6 Å². The van der Waals surface area contributed by atoms with E-state index in [1.165, 1.54) is 0 Å². The number of rotatable bonds is 2. The van der Waals surface area contributed by atoms with Gasteiger partial charge in [0.1, 0.15) is 5.75 Å². The lowest BCUT2D eigenvalue weighted by molar-refractivity contribution is 0.485. The fourth-order valence-corrected chi connectivity index (χ4v) is 1.59. The smallest absolute Gasteiger partial charge is 0.151 e. The molecule has 0 saturated carbocycles. The Morgan fingerprint density at radius 3 is 2.47 bits per heavy atom. The third-order valence-corrected chi connectivity index (χ3v) is 2.71. The summed E-state index contributed by atoms with van der Waals surface area (Å²) in [5, 5.41) is 8.80. The molecule has 0 amide bonds. The van der Waals surface area contributed by atoms with Gasteiger partial charge in [-0.3, -0.25) is 0 Å². The van der Waals surface area contributed by atoms with E-state index in [0.717, 1.165) is 4.47 Å². The molecule has 17 heavy (non-hydrogen) atoms. The molecule has 2 N–H and O–H groups in total. The molecule has 0 radical (unpaired) electrons. The van der Waals surface area contributed by atoms with Gasteiger partial charge >= 0.3 is 0 Å². The molecule has 2 rings (SSSR count). The summed E-state index contributed by atoms with van der Waals surface area (Å²) in [6.45, 7) is 0. The monoisotopic (exact) mass is 288 g/mol. The van der Waals surface area contributed by atoms with E-state index < -0.39 is 0 Å². The lowest BCUT2D eigenvalue weighted by Gasteiger charge is -2.08. The third kappa shape index (κ3) is 2.77. The summed E-state index contributed by atoms with van der Waals surface area (Å²) in [5.74, 6) is 1.17. The molecule has 0 fully saturated rings. The zero-order chi connectivity index (χ0) is 12.3. The first-order chi connectivity index (χ1) is 8.19. The highest BCUT2D eigenvalue weighted by Gasteiger charge is 2.03. The van der Waals surface area contributed by atoms with Crippen molar-refractivity contribution in [3.63, 3.8) is 0 Å². The van der Waals surface area contributed by atoms with Crippen molar-refractivity contribution in [1.82, 2.24) is 0 Å². The summed E-state index contributed by atoms with van der Waals surface area (Å²) in [7, 11) is 0. The van der Waals surface area contributed by atoms with Gasteiger partial charge in [-0.15, -0.1) is 0 Å². The van der Waals surface area contributed by atoms with E-state index in [-0.39, 0.29) is 0 Å². The second-order valence-electron chi connectivity index (χ2n) is 3.42. The average molecular weight is 289 g/mol. The molecule has 84 valence electrons. The second-order valence-corrected chi connectivity index (χ2v) is 4.34. The maximum absolute atomic E-state index is 8.80. The molecule has 0 heterocycles. The van der Waals surface area contributed by atoms with Gasteiger partial charge in [0.25, 0.3) is 0 Å². The third-order valence-electron chi connectivity index (χ3n) is 2.18. The van der Waals surface area contributed by atoms with Crippen LogP contribution in [0.25, 0.3) is 0 Å². The van der Waals surface area contributed by atoms with Crippen LogP contribution in [0.5, 0.6) is 11.5 Å². The Morgan fingerprint density at radius 1 is 1.12 bits per heavy atom. The molecule has 0 spiro atoms. The predicted molar refractivity (Wildman–Crippen MR) is 69.8 cm³/mol. The molecule has 0 aromatic heterocycles. The molecule has 0 saturated heterocycles. The van der Waals surface area contributed by atoms with E-state index in [1.54, 1.807) is 18.2 Å². The van der Waals surface area contributed by atoms with E-state index >= 15 is 0 Å². The number of hydrogen-bond donors (Lipinski definition) is 1. The van der Waals surface area contributed by atoms with Crippen molar-refractivity contribution in [1.29, 1.82) is 5.26 Å². The number of anilines is 1. The molecule has 3 nitrogen and oxygen atoms in total. The molecule has 0 unspecified atom stereocenters. The highest BCUT2D eigenvalue weighted by molar-refractivity contribution is 9.10. The van der Waals surface area contributed by atoms with Crippen molar-refractivity contribution in [2.24, 2.45) is 0 Å². The van der Waals surface area contributed by atoms with Crippen LogP contribution in [0, 0.1) is 11.3 Å². The Balaban J connectivity index is 2.29. The van der Waals surface area contributed by atoms with Crippen LogP contribution in [0.3, 0.4) is 0 Å². The van der Waals surface area contributed by atoms with Gasteiger partial charge in [0.2, 0.25) is 0 Å². The van der Waals surface area contributed by atoms with Gasteiger partial charge in [-0.25, -0.2) is 0 Å². The molecule has 0 aliphatic rings. The summed E-state index contributed by atoms with van der Waals surface area (Å²) in [6.07, 6.45) is 0. The molecule has 0 aliphatic carbocycles. The lowest BCUT2D eigenvalue weighted by atomic mass is 10.2. The summed E-state index contributed by atoms with van der Waals surface area (Å²) in [5.41, 5.74) is 6.80. The first-order valence-electron chi connectivity index (χ1n) is 4.92. The predicted octanol–water partition coefficient (Wildman–Crippen LogP) is 3.70. The zero-order valence-electron chi connectivity index (χ0n) is 8.85. The minimum atomic E-state index is 0.492. The van der Waals surface area contributed by atoms with E-state index in [0.29, 0.717) is 22.7 Å². The Bertz CT molecular complexity index is 573. The zero-order valence-corrected chi connectivity index (χ0v) is 10.4. The maximum Gasteiger partial charge on any atom is 0.151 e. The van der Waals surface area contributed by atoms with Crippen LogP contribution in [0.1, 0.15) is 5.56 Å². The van der Waals surface area contributed by atoms with E-state index in [1.807, 2.05) is 30.3 Å². The van der Waals surface area contributed by atoms with Gasteiger partial charge in [-0.1, -0.05) is 15.9 Å². The van der Waals surface area contributed by atoms with Gasteiger partial charge < -0.3 is 10.5 Å². The van der Waals surface area contributed by atoms with Gasteiger partial charge in [0.05, 0.1) is 17.3 Å². The van der Waals surface area contributed by atoms with Crippen molar-refractivity contribution in [3.8, 4) is 17.6 Å². The molecule has 2 aromatic carbocycles. The van der Waals surface area contributed by atoms with Crippen LogP contribution in [0.4, 0.5) is 5.69 Å². The number of halogens is 1. The molecule has 0 bridgehead atoms. The minimum Gasteiger partial charge on any atom is -0.455 e. The first-order valence-corrected chi connectivity index (χ1v) is 5.71. The molecule has 4 heteroatoms. The lowest BCUT2D eigenvalue weighted by Crippen LogP contribution is -1.92. The highest BCUT2D eigenvalue weighted by atomic mass is 79.9. The number of hydrogen-bond acceptors (Lipinski definition) is 3. The van der Waals surface area contributed by atoms with Gasteiger partial charge in [-0.2, -0.15) is 5.26 Å². The molecular weight excluding hydrogens is 280 g/mol. The van der Waals surface area contributed by atoms with Crippen LogP contribution < -0.4 is 10.5 Å². The summed E-state index contributed by atoms with van der Waals surface area (Å²) < 4.78 is 6.59. The summed E-state index contributed by atoms with van der Waals surface area (Å²) in [4.78, 5) is 0. The molecule has 2 aromatic rings. The Kier molecular flexibility index (Phi) is 3.31. The number of nitrogen functional groups attached to an aromatic ring is 1. The SMILES string of the molecule is N#Cc1ccc(N)c(Oc2ccc(Br)cc2)c1. The normalized spacial score (nSPS) is 9.65. The highest BCUT2D eigenvalue weighted by Crippen LogP contribution is 2.28. The van der Waals surface area contributed by atoms with Crippen molar-refractivity contribution in [2.75, 3.05) is 5.73 Å². The Hall–Kier alpha value is -1.99. The molecule has 0 aliphatic heterocycles. The maximum atomic E-state index is 8.80. The second kappa shape index (κ2) is 4.89. The van der Waals surface area contributed by atoms with E-state index in [9.17, 15) is 0 Å². The van der Waals surface area contributed by atoms with Crippen LogP contribution in [-0.4, -0.2) is 0 Å². The summed E-state index contributed by atoms with van der Waals surface area (Å²) in [6, 6.07) is 14.4. The van der Waals surface area contributed by atoms with E-state index in [4.69, 9.17) is 15.7 Å². The van der Waals surface area contributed by atoms with Crippen LogP contribution in [-0.2, 0) is 0 Å². The standard InChI is InChI=1S/C13H9BrN2O/c14-10-2-4-11(5-3-10)17-13-7-9(8-15)1-6-12(13)16/h1-7H,16H2. The van der Waals surface area contributed by atoms with Crippen LogP contribution in [0.2, 0.25) is 0 Å². The summed E-state index contributed by atoms with van der Waals surface area (Å²) >= 11 is 3.34. The minimum absolute atomic E-state index is 0.492. The van der Waals surface area contributed by atoms with Gasteiger partial charge in [0, 0.05) is 10.5 Å². The van der Waals surface area contributed by atoms with Crippen LogP contribution >= 0.6 is 15.9 Å². The van der Waals surface area contributed by atoms with Gasteiger partial charge in [0.15, 0.2) is 5.75 Å². The fourth-order valence-electron chi connectivity index (χ4n) is 1.32. The number of benzene rings is 2. The number of nitrogens with zero attached hydrogens (tertiary/aromatic N) is 1. The molecular formula is C13H9BrN2O. The Morgan fingerprint density at radius 2 is 1.82 bits per heavy atom. The fraction of sp³-hybridized carbons (Fsp3) is 0. The largest absolute Gasteiger partial charge is 0.455 e. The number of nitrogens with two attached hydrogens (primary N) is 1. The topological polar surface area (TPSA) is 59.0 Å². The number of nitriles is 1. The first kappa shape index (κ1) is 11.5. The quantitative estimate of drug-likeness (QED) is 0.858. The van der Waals surface area contributed by atoms with Crippen molar-refractivity contribution < 1.29 is 4.74 Å². The van der Waals surface area contributed by atoms with E-state index in [2.05, 4.69) is 15.9 Å². The van der Waals surface area contributed by atoms with Crippen molar-refractivity contribution in [3.05, 3.63) is 52.5 Å². The number of ether oxygens (including phenoxy) is 1. The van der Waals surface area contributed by atoms with Crippen LogP contribution in [0.15, 0.2) is 46.9 Å². The van der Waals surface area contributed by atoms with Crippen molar-refractivity contribution in [2.45, 2.75) is 0 Å². The molecule has 0 atom stereocenters. The van der Waals surface area contributed by atoms with Gasteiger partial charge in [-0.05, 0) is 36.4 Å². The average Bonchev–Trinajstić information content (AvgIpc) is 2.35. The Labute approximate surface area is 108 Å².